The highest BCUT2D eigenvalue weighted by atomic mass is 35.5. The van der Waals surface area contributed by atoms with E-state index in [0.717, 1.165) is 12.1 Å². The van der Waals surface area contributed by atoms with Crippen molar-refractivity contribution in [2.75, 3.05) is 6.54 Å². The van der Waals surface area contributed by atoms with Crippen LogP contribution in [0.15, 0.2) is 18.2 Å². The van der Waals surface area contributed by atoms with Gasteiger partial charge in [-0.3, -0.25) is 0 Å². The first-order valence-corrected chi connectivity index (χ1v) is 4.77. The molecule has 0 spiro atoms. The summed E-state index contributed by atoms with van der Waals surface area (Å²) in [6.07, 6.45) is 2.40. The second kappa shape index (κ2) is 4.76. The number of benzene rings is 1. The maximum Gasteiger partial charge on any atom is 0.126 e. The first-order valence-electron chi connectivity index (χ1n) is 4.77. The predicted octanol–water partition coefficient (Wildman–Crippen LogP) is 2.98. The van der Waals surface area contributed by atoms with E-state index in [0.29, 0.717) is 6.04 Å². The van der Waals surface area contributed by atoms with Crippen molar-refractivity contribution in [3.8, 4) is 0 Å². The van der Waals surface area contributed by atoms with Gasteiger partial charge in [-0.2, -0.15) is 0 Å². The first kappa shape index (κ1) is 11.5. The minimum Gasteiger partial charge on any atom is -0.310 e. The summed E-state index contributed by atoms with van der Waals surface area (Å²) < 4.78 is 13.0. The van der Waals surface area contributed by atoms with Crippen LogP contribution in [0.25, 0.3) is 0 Å². The largest absolute Gasteiger partial charge is 0.310 e. The fourth-order valence-electron chi connectivity index (χ4n) is 1.85. The van der Waals surface area contributed by atoms with Gasteiger partial charge in [0.25, 0.3) is 0 Å². The van der Waals surface area contributed by atoms with E-state index < -0.39 is 0 Å². The van der Waals surface area contributed by atoms with Crippen LogP contribution >= 0.6 is 12.4 Å². The van der Waals surface area contributed by atoms with E-state index in [1.165, 1.54) is 18.4 Å². The molecular weight excluding hydrogens is 201 g/mol. The van der Waals surface area contributed by atoms with Gasteiger partial charge in [-0.05, 0) is 43.5 Å². The van der Waals surface area contributed by atoms with Crippen molar-refractivity contribution in [3.63, 3.8) is 0 Å². The molecule has 1 N–H and O–H groups in total. The highest BCUT2D eigenvalue weighted by Crippen LogP contribution is 2.24. The van der Waals surface area contributed by atoms with Crippen LogP contribution < -0.4 is 5.32 Å². The fourth-order valence-corrected chi connectivity index (χ4v) is 1.85. The minimum atomic E-state index is -0.109. The van der Waals surface area contributed by atoms with E-state index >= 15 is 0 Å². The lowest BCUT2D eigenvalue weighted by atomic mass is 10.0. The van der Waals surface area contributed by atoms with Crippen LogP contribution in [-0.4, -0.2) is 6.54 Å². The van der Waals surface area contributed by atoms with Crippen LogP contribution in [0.3, 0.4) is 0 Å². The number of nitrogens with one attached hydrogen (secondary N) is 1. The van der Waals surface area contributed by atoms with E-state index in [9.17, 15) is 4.39 Å². The van der Waals surface area contributed by atoms with Gasteiger partial charge < -0.3 is 5.32 Å². The molecule has 3 heteroatoms. The number of hydrogen-bond acceptors (Lipinski definition) is 1. The fraction of sp³-hybridized carbons (Fsp3) is 0.455. The zero-order valence-electron chi connectivity index (χ0n) is 8.22. The third kappa shape index (κ3) is 2.25. The van der Waals surface area contributed by atoms with Crippen molar-refractivity contribution < 1.29 is 4.39 Å². The molecule has 0 aromatic heterocycles. The molecule has 1 aliphatic heterocycles. The van der Waals surface area contributed by atoms with Crippen LogP contribution in [0.2, 0.25) is 0 Å². The molecule has 0 unspecified atom stereocenters. The SMILES string of the molecule is Cc1cc([C@@H]2CCCN2)ccc1F.Cl. The second-order valence-electron chi connectivity index (χ2n) is 3.66. The van der Waals surface area contributed by atoms with Gasteiger partial charge in [-0.15, -0.1) is 12.4 Å². The van der Waals surface area contributed by atoms with Crippen molar-refractivity contribution in [3.05, 3.63) is 35.1 Å². The molecule has 1 heterocycles. The van der Waals surface area contributed by atoms with Crippen LogP contribution in [0.5, 0.6) is 0 Å². The Bertz CT molecular complexity index is 308. The number of rotatable bonds is 1. The molecule has 1 aromatic rings. The van der Waals surface area contributed by atoms with Crippen molar-refractivity contribution in [2.24, 2.45) is 0 Å². The zero-order chi connectivity index (χ0) is 9.26. The Hall–Kier alpha value is -0.600. The molecule has 0 aliphatic carbocycles. The second-order valence-corrected chi connectivity index (χ2v) is 3.66. The molecule has 1 nitrogen and oxygen atoms in total. The normalized spacial score (nSPS) is 20.6. The Labute approximate surface area is 90.1 Å². The van der Waals surface area contributed by atoms with Gasteiger partial charge in [-0.25, -0.2) is 4.39 Å². The molecule has 78 valence electrons. The summed E-state index contributed by atoms with van der Waals surface area (Å²) in [7, 11) is 0. The Morgan fingerprint density at radius 1 is 1.43 bits per heavy atom. The highest BCUT2D eigenvalue weighted by Gasteiger charge is 2.16. The summed E-state index contributed by atoms with van der Waals surface area (Å²) in [6, 6.07) is 5.83. The number of halogens is 2. The van der Waals surface area contributed by atoms with Crippen molar-refractivity contribution in [1.29, 1.82) is 0 Å². The summed E-state index contributed by atoms with van der Waals surface area (Å²) >= 11 is 0. The smallest absolute Gasteiger partial charge is 0.126 e. The molecule has 1 saturated heterocycles. The highest BCUT2D eigenvalue weighted by molar-refractivity contribution is 5.85. The molecule has 2 rings (SSSR count). The third-order valence-corrected chi connectivity index (χ3v) is 2.64. The average Bonchev–Trinajstić information content (AvgIpc) is 2.62. The molecule has 0 saturated carbocycles. The quantitative estimate of drug-likeness (QED) is 0.760. The van der Waals surface area contributed by atoms with Crippen molar-refractivity contribution >= 4 is 12.4 Å². The molecule has 0 radical (unpaired) electrons. The summed E-state index contributed by atoms with van der Waals surface area (Å²) in [6.45, 7) is 2.90. The Balaban J connectivity index is 0.000000980. The molecule has 0 bridgehead atoms. The van der Waals surface area contributed by atoms with Gasteiger partial charge in [0.2, 0.25) is 0 Å². The summed E-state index contributed by atoms with van der Waals surface area (Å²) in [5.41, 5.74) is 1.96. The maximum absolute atomic E-state index is 13.0. The van der Waals surface area contributed by atoms with Gasteiger partial charge in [0.1, 0.15) is 5.82 Å². The molecular formula is C11H15ClFN. The lowest BCUT2D eigenvalue weighted by Crippen LogP contribution is -2.12. The maximum atomic E-state index is 13.0. The molecule has 1 aromatic carbocycles. The molecule has 1 atom stereocenters. The van der Waals surface area contributed by atoms with E-state index in [1.54, 1.807) is 6.07 Å². The predicted molar refractivity (Wildman–Crippen MR) is 58.4 cm³/mol. The summed E-state index contributed by atoms with van der Waals surface area (Å²) in [5, 5.41) is 3.40. The van der Waals surface area contributed by atoms with Crippen LogP contribution in [-0.2, 0) is 0 Å². The van der Waals surface area contributed by atoms with Crippen LogP contribution in [0.1, 0.15) is 30.0 Å². The van der Waals surface area contributed by atoms with E-state index in [4.69, 9.17) is 0 Å². The first-order chi connectivity index (χ1) is 6.27. The summed E-state index contributed by atoms with van der Waals surface area (Å²) in [5.74, 6) is -0.109. The van der Waals surface area contributed by atoms with Gasteiger partial charge in [0.15, 0.2) is 0 Å². The minimum absolute atomic E-state index is 0. The third-order valence-electron chi connectivity index (χ3n) is 2.64. The lowest BCUT2D eigenvalue weighted by molar-refractivity contribution is 0.609. The van der Waals surface area contributed by atoms with Crippen molar-refractivity contribution in [2.45, 2.75) is 25.8 Å². The topological polar surface area (TPSA) is 12.0 Å². The van der Waals surface area contributed by atoms with Crippen LogP contribution in [0, 0.1) is 12.7 Å². The Morgan fingerprint density at radius 3 is 2.79 bits per heavy atom. The monoisotopic (exact) mass is 215 g/mol. The molecule has 1 fully saturated rings. The molecule has 1 aliphatic rings. The zero-order valence-corrected chi connectivity index (χ0v) is 9.03. The van der Waals surface area contributed by atoms with Gasteiger partial charge >= 0.3 is 0 Å². The van der Waals surface area contributed by atoms with E-state index in [-0.39, 0.29) is 18.2 Å². The number of hydrogen-bond donors (Lipinski definition) is 1. The van der Waals surface area contributed by atoms with E-state index in [1.807, 2.05) is 19.1 Å². The van der Waals surface area contributed by atoms with Gasteiger partial charge in [0.05, 0.1) is 0 Å². The molecule has 14 heavy (non-hydrogen) atoms. The van der Waals surface area contributed by atoms with Crippen molar-refractivity contribution in [1.82, 2.24) is 5.32 Å². The number of aryl methyl sites for hydroxylation is 1. The lowest BCUT2D eigenvalue weighted by Gasteiger charge is -2.11. The Kier molecular flexibility index (Phi) is 3.90. The van der Waals surface area contributed by atoms with Gasteiger partial charge in [-0.1, -0.05) is 12.1 Å². The molecule has 0 amide bonds. The van der Waals surface area contributed by atoms with Crippen LogP contribution in [0.4, 0.5) is 4.39 Å². The van der Waals surface area contributed by atoms with Gasteiger partial charge in [0, 0.05) is 6.04 Å². The average molecular weight is 216 g/mol. The summed E-state index contributed by atoms with van der Waals surface area (Å²) in [4.78, 5) is 0. The Morgan fingerprint density at radius 2 is 2.21 bits per heavy atom. The van der Waals surface area contributed by atoms with E-state index in [2.05, 4.69) is 5.32 Å². The standard InChI is InChI=1S/C11H14FN.ClH/c1-8-7-9(4-5-10(8)12)11-3-2-6-13-11;/h4-5,7,11,13H,2-3,6H2,1H3;1H/t11-;/m0./s1.